The highest BCUT2D eigenvalue weighted by molar-refractivity contribution is 5.34. The van der Waals surface area contributed by atoms with Gasteiger partial charge in [0.05, 0.1) is 19.3 Å². The van der Waals surface area contributed by atoms with E-state index in [0.717, 1.165) is 24.3 Å². The maximum atomic E-state index is 13.3. The van der Waals surface area contributed by atoms with Gasteiger partial charge < -0.3 is 10.1 Å². The van der Waals surface area contributed by atoms with Gasteiger partial charge in [0.2, 0.25) is 0 Å². The number of benzene rings is 1. The second-order valence-corrected chi connectivity index (χ2v) is 4.04. The van der Waals surface area contributed by atoms with Gasteiger partial charge in [0.1, 0.15) is 5.82 Å². The van der Waals surface area contributed by atoms with Crippen LogP contribution in [0.4, 0.5) is 4.39 Å². The van der Waals surface area contributed by atoms with Gasteiger partial charge in [0.25, 0.3) is 0 Å². The molecule has 15 heavy (non-hydrogen) atoms. The first-order valence-corrected chi connectivity index (χ1v) is 5.26. The first kappa shape index (κ1) is 10.6. The number of halogens is 1. The Hall–Kier alpha value is -0.930. The Morgan fingerprint density at radius 2 is 2.13 bits per heavy atom. The molecule has 0 amide bonds. The van der Waals surface area contributed by atoms with Crippen molar-refractivity contribution in [3.63, 3.8) is 0 Å². The van der Waals surface area contributed by atoms with Crippen LogP contribution in [0.1, 0.15) is 22.7 Å². The van der Waals surface area contributed by atoms with Crippen molar-refractivity contribution >= 4 is 0 Å². The van der Waals surface area contributed by atoms with E-state index in [4.69, 9.17) is 4.74 Å². The molecule has 0 spiro atoms. The minimum atomic E-state index is -0.132. The molecule has 3 heteroatoms. The molecule has 1 aliphatic rings. The second kappa shape index (κ2) is 4.29. The van der Waals surface area contributed by atoms with Crippen LogP contribution in [0, 0.1) is 19.7 Å². The summed E-state index contributed by atoms with van der Waals surface area (Å²) in [5.74, 6) is -0.132. The van der Waals surface area contributed by atoms with Gasteiger partial charge in [-0.25, -0.2) is 4.39 Å². The summed E-state index contributed by atoms with van der Waals surface area (Å²) in [6.07, 6.45) is 0. The summed E-state index contributed by atoms with van der Waals surface area (Å²) in [6.45, 7) is 6.03. The Kier molecular flexibility index (Phi) is 3.03. The van der Waals surface area contributed by atoms with Crippen molar-refractivity contribution in [3.05, 3.63) is 34.6 Å². The number of nitrogens with one attached hydrogen (secondary N) is 1. The lowest BCUT2D eigenvalue weighted by molar-refractivity contribution is 0.0766. The monoisotopic (exact) mass is 209 g/mol. The summed E-state index contributed by atoms with van der Waals surface area (Å²) in [4.78, 5) is 0. The van der Waals surface area contributed by atoms with E-state index in [2.05, 4.69) is 5.32 Å². The standard InChI is InChI=1S/C12H16FNO/c1-8-6-11(13)9(2)5-10(8)12-7-15-4-3-14-12/h5-6,12,14H,3-4,7H2,1-2H3. The van der Waals surface area contributed by atoms with Crippen molar-refractivity contribution < 1.29 is 9.13 Å². The lowest BCUT2D eigenvalue weighted by Gasteiger charge is -2.25. The molecule has 2 rings (SSSR count). The van der Waals surface area contributed by atoms with Gasteiger partial charge in [-0.15, -0.1) is 0 Å². The molecular weight excluding hydrogens is 193 g/mol. The van der Waals surface area contributed by atoms with Crippen LogP contribution in [-0.2, 0) is 4.74 Å². The van der Waals surface area contributed by atoms with Crippen LogP contribution < -0.4 is 5.32 Å². The van der Waals surface area contributed by atoms with Gasteiger partial charge in [-0.2, -0.15) is 0 Å². The van der Waals surface area contributed by atoms with Gasteiger partial charge in [0, 0.05) is 6.54 Å². The van der Waals surface area contributed by atoms with E-state index in [-0.39, 0.29) is 11.9 Å². The van der Waals surface area contributed by atoms with Crippen molar-refractivity contribution in [1.29, 1.82) is 0 Å². The third kappa shape index (κ3) is 2.19. The molecule has 1 fully saturated rings. The molecule has 1 aromatic carbocycles. The Labute approximate surface area is 89.4 Å². The summed E-state index contributed by atoms with van der Waals surface area (Å²) >= 11 is 0. The third-order valence-electron chi connectivity index (χ3n) is 2.84. The molecular formula is C12H16FNO. The summed E-state index contributed by atoms with van der Waals surface area (Å²) in [7, 11) is 0. The van der Waals surface area contributed by atoms with Crippen LogP contribution in [0.25, 0.3) is 0 Å². The van der Waals surface area contributed by atoms with Crippen LogP contribution in [0.15, 0.2) is 12.1 Å². The molecule has 1 aliphatic heterocycles. The van der Waals surface area contributed by atoms with Crippen LogP contribution in [0.3, 0.4) is 0 Å². The molecule has 0 aromatic heterocycles. The maximum absolute atomic E-state index is 13.3. The Bertz CT molecular complexity index is 359. The Morgan fingerprint density at radius 3 is 2.80 bits per heavy atom. The highest BCUT2D eigenvalue weighted by Crippen LogP contribution is 2.22. The van der Waals surface area contributed by atoms with E-state index in [9.17, 15) is 4.39 Å². The number of morpholine rings is 1. The molecule has 1 N–H and O–H groups in total. The van der Waals surface area contributed by atoms with Crippen molar-refractivity contribution in [2.24, 2.45) is 0 Å². The number of aryl methyl sites for hydroxylation is 2. The third-order valence-corrected chi connectivity index (χ3v) is 2.84. The molecule has 1 heterocycles. The topological polar surface area (TPSA) is 21.3 Å². The van der Waals surface area contributed by atoms with Crippen LogP contribution in [0.2, 0.25) is 0 Å². The average molecular weight is 209 g/mol. The lowest BCUT2D eigenvalue weighted by Crippen LogP contribution is -2.35. The van der Waals surface area contributed by atoms with Crippen molar-refractivity contribution in [3.8, 4) is 0 Å². The molecule has 0 bridgehead atoms. The summed E-state index contributed by atoms with van der Waals surface area (Å²) in [6, 6.07) is 3.72. The van der Waals surface area contributed by atoms with Crippen LogP contribution >= 0.6 is 0 Å². The van der Waals surface area contributed by atoms with Gasteiger partial charge in [-0.1, -0.05) is 6.07 Å². The van der Waals surface area contributed by atoms with Gasteiger partial charge >= 0.3 is 0 Å². The Morgan fingerprint density at radius 1 is 1.33 bits per heavy atom. The average Bonchev–Trinajstić information content (AvgIpc) is 2.25. The first-order valence-electron chi connectivity index (χ1n) is 5.26. The highest BCUT2D eigenvalue weighted by atomic mass is 19.1. The molecule has 0 aliphatic carbocycles. The minimum absolute atomic E-state index is 0.132. The second-order valence-electron chi connectivity index (χ2n) is 4.04. The molecule has 1 atom stereocenters. The zero-order valence-corrected chi connectivity index (χ0v) is 9.14. The van der Waals surface area contributed by atoms with E-state index < -0.39 is 0 Å². The van der Waals surface area contributed by atoms with E-state index in [1.165, 1.54) is 0 Å². The molecule has 1 saturated heterocycles. The molecule has 82 valence electrons. The van der Waals surface area contributed by atoms with Crippen molar-refractivity contribution in [2.45, 2.75) is 19.9 Å². The van der Waals surface area contributed by atoms with Gasteiger partial charge in [-0.05, 0) is 36.6 Å². The first-order chi connectivity index (χ1) is 7.18. The van der Waals surface area contributed by atoms with Crippen molar-refractivity contribution in [1.82, 2.24) is 5.32 Å². The number of hydrogen-bond donors (Lipinski definition) is 1. The molecule has 0 saturated carbocycles. The zero-order chi connectivity index (χ0) is 10.8. The number of hydrogen-bond acceptors (Lipinski definition) is 2. The van der Waals surface area contributed by atoms with E-state index in [1.54, 1.807) is 13.0 Å². The quantitative estimate of drug-likeness (QED) is 0.764. The van der Waals surface area contributed by atoms with E-state index in [1.807, 2.05) is 13.0 Å². The van der Waals surface area contributed by atoms with Gasteiger partial charge in [-0.3, -0.25) is 0 Å². The number of ether oxygens (including phenoxy) is 1. The van der Waals surface area contributed by atoms with E-state index in [0.29, 0.717) is 12.2 Å². The minimum Gasteiger partial charge on any atom is -0.378 e. The van der Waals surface area contributed by atoms with Crippen molar-refractivity contribution in [2.75, 3.05) is 19.8 Å². The predicted molar refractivity (Wildman–Crippen MR) is 57.4 cm³/mol. The van der Waals surface area contributed by atoms with Crippen LogP contribution in [0.5, 0.6) is 0 Å². The van der Waals surface area contributed by atoms with Crippen LogP contribution in [-0.4, -0.2) is 19.8 Å². The Balaban J connectivity index is 2.30. The number of rotatable bonds is 1. The maximum Gasteiger partial charge on any atom is 0.126 e. The predicted octanol–water partition coefficient (Wildman–Crippen LogP) is 2.10. The smallest absolute Gasteiger partial charge is 0.126 e. The molecule has 1 aromatic rings. The molecule has 0 radical (unpaired) electrons. The largest absolute Gasteiger partial charge is 0.378 e. The fraction of sp³-hybridized carbons (Fsp3) is 0.500. The summed E-state index contributed by atoms with van der Waals surface area (Å²) in [5.41, 5.74) is 2.83. The summed E-state index contributed by atoms with van der Waals surface area (Å²) < 4.78 is 18.7. The molecule has 2 nitrogen and oxygen atoms in total. The fourth-order valence-electron chi connectivity index (χ4n) is 1.94. The van der Waals surface area contributed by atoms with E-state index >= 15 is 0 Å². The molecule has 1 unspecified atom stereocenters. The normalized spacial score (nSPS) is 21.7. The fourth-order valence-corrected chi connectivity index (χ4v) is 1.94. The van der Waals surface area contributed by atoms with Gasteiger partial charge in [0.15, 0.2) is 0 Å². The highest BCUT2D eigenvalue weighted by Gasteiger charge is 2.17. The summed E-state index contributed by atoms with van der Waals surface area (Å²) in [5, 5.41) is 3.38. The lowest BCUT2D eigenvalue weighted by atomic mass is 9.98. The zero-order valence-electron chi connectivity index (χ0n) is 9.14. The SMILES string of the molecule is Cc1cc(C2COCCN2)c(C)cc1F.